The van der Waals surface area contributed by atoms with Crippen LogP contribution in [0, 0.1) is 10.1 Å². The van der Waals surface area contributed by atoms with E-state index in [0.717, 1.165) is 21.8 Å². The normalized spacial score (nSPS) is 11.9. The van der Waals surface area contributed by atoms with Gasteiger partial charge in [0.25, 0.3) is 5.69 Å². The van der Waals surface area contributed by atoms with Crippen LogP contribution < -0.4 is 0 Å². The molecule has 0 unspecified atom stereocenters. The summed E-state index contributed by atoms with van der Waals surface area (Å²) in [4.78, 5) is 29.2. The summed E-state index contributed by atoms with van der Waals surface area (Å²) in [5.74, 6) is -0.0776. The van der Waals surface area contributed by atoms with Crippen LogP contribution in [0.25, 0.3) is 10.6 Å². The fourth-order valence-corrected chi connectivity index (χ4v) is 4.06. The van der Waals surface area contributed by atoms with E-state index in [1.54, 1.807) is 35.4 Å². The number of carbonyl (C=O) groups is 1. The maximum absolute atomic E-state index is 12.6. The fourth-order valence-electron chi connectivity index (χ4n) is 2.52. The molecule has 8 heteroatoms. The Morgan fingerprint density at radius 3 is 2.85 bits per heavy atom. The summed E-state index contributed by atoms with van der Waals surface area (Å²) in [5.41, 5.74) is 2.55. The molecule has 134 valence electrons. The van der Waals surface area contributed by atoms with Crippen LogP contribution in [0.5, 0.6) is 0 Å². The van der Waals surface area contributed by atoms with E-state index >= 15 is 0 Å². The molecule has 0 aliphatic rings. The zero-order chi connectivity index (χ0) is 18.7. The molecule has 6 nitrogen and oxygen atoms in total. The summed E-state index contributed by atoms with van der Waals surface area (Å²) < 4.78 is 0. The number of nitro benzene ring substituents is 1. The molecule has 3 rings (SSSR count). The van der Waals surface area contributed by atoms with Crippen LogP contribution in [0.3, 0.4) is 0 Å². The molecule has 0 aliphatic carbocycles. The number of thiophene rings is 1. The zero-order valence-corrected chi connectivity index (χ0v) is 15.9. The number of carbonyl (C=O) groups excluding carboxylic acids is 1. The fraction of sp³-hybridized carbons (Fsp3) is 0.222. The first kappa shape index (κ1) is 18.2. The summed E-state index contributed by atoms with van der Waals surface area (Å²) in [7, 11) is 1.71. The van der Waals surface area contributed by atoms with Crippen molar-refractivity contribution < 1.29 is 9.72 Å². The summed E-state index contributed by atoms with van der Waals surface area (Å²) in [6, 6.07) is 8.11. The van der Waals surface area contributed by atoms with Gasteiger partial charge in [0, 0.05) is 35.5 Å². The maximum atomic E-state index is 12.6. The first-order valence-corrected chi connectivity index (χ1v) is 9.75. The van der Waals surface area contributed by atoms with Crippen LogP contribution in [-0.2, 0) is 11.2 Å². The molecule has 0 aliphatic heterocycles. The topological polar surface area (TPSA) is 76.3 Å². The van der Waals surface area contributed by atoms with E-state index < -0.39 is 4.92 Å². The predicted octanol–water partition coefficient (Wildman–Crippen LogP) is 4.54. The third kappa shape index (κ3) is 3.97. The summed E-state index contributed by atoms with van der Waals surface area (Å²) in [6.45, 7) is 1.86. The minimum absolute atomic E-state index is 0.0232. The first-order chi connectivity index (χ1) is 12.5. The molecule has 26 heavy (non-hydrogen) atoms. The van der Waals surface area contributed by atoms with Gasteiger partial charge in [-0.1, -0.05) is 12.1 Å². The summed E-state index contributed by atoms with van der Waals surface area (Å²) in [5, 5.41) is 17.8. The molecule has 1 atom stereocenters. The number of rotatable bonds is 6. The highest BCUT2D eigenvalue weighted by molar-refractivity contribution is 7.14. The number of aromatic nitrogens is 1. The van der Waals surface area contributed by atoms with Crippen molar-refractivity contribution in [1.29, 1.82) is 0 Å². The lowest BCUT2D eigenvalue weighted by Crippen LogP contribution is -2.31. The third-order valence-corrected chi connectivity index (χ3v) is 5.81. The Labute approximate surface area is 158 Å². The first-order valence-electron chi connectivity index (χ1n) is 7.92. The van der Waals surface area contributed by atoms with Crippen molar-refractivity contribution in [3.8, 4) is 10.6 Å². The highest BCUT2D eigenvalue weighted by Gasteiger charge is 2.20. The van der Waals surface area contributed by atoms with E-state index in [1.165, 1.54) is 23.5 Å². The van der Waals surface area contributed by atoms with Gasteiger partial charge in [-0.2, -0.15) is 11.3 Å². The molecule has 0 saturated carbocycles. The smallest absolute Gasteiger partial charge is 0.269 e. The van der Waals surface area contributed by atoms with Gasteiger partial charge >= 0.3 is 0 Å². The number of nitro groups is 1. The minimum atomic E-state index is -0.431. The van der Waals surface area contributed by atoms with E-state index in [1.807, 2.05) is 29.1 Å². The van der Waals surface area contributed by atoms with Gasteiger partial charge in [-0.15, -0.1) is 11.3 Å². The molecular formula is C18H17N3O3S2. The van der Waals surface area contributed by atoms with Gasteiger partial charge < -0.3 is 4.90 Å². The Hall–Kier alpha value is -2.58. The van der Waals surface area contributed by atoms with Crippen molar-refractivity contribution in [2.75, 3.05) is 7.05 Å². The number of hydrogen-bond acceptors (Lipinski definition) is 6. The van der Waals surface area contributed by atoms with Crippen LogP contribution in [-0.4, -0.2) is 27.8 Å². The second-order valence-electron chi connectivity index (χ2n) is 5.87. The van der Waals surface area contributed by atoms with Gasteiger partial charge in [-0.25, -0.2) is 4.98 Å². The molecule has 0 spiro atoms. The van der Waals surface area contributed by atoms with E-state index in [9.17, 15) is 14.9 Å². The van der Waals surface area contributed by atoms with E-state index in [-0.39, 0.29) is 24.1 Å². The Balaban J connectivity index is 1.69. The highest BCUT2D eigenvalue weighted by Crippen LogP contribution is 2.27. The number of non-ortho nitro benzene ring substituents is 1. The predicted molar refractivity (Wildman–Crippen MR) is 103 cm³/mol. The summed E-state index contributed by atoms with van der Waals surface area (Å²) in [6.07, 6.45) is 0.205. The number of nitrogens with zero attached hydrogens (tertiary/aromatic N) is 3. The second kappa shape index (κ2) is 7.76. The zero-order valence-electron chi connectivity index (χ0n) is 14.3. The quantitative estimate of drug-likeness (QED) is 0.459. The van der Waals surface area contributed by atoms with Gasteiger partial charge in [0.2, 0.25) is 5.91 Å². The SMILES string of the molecule is C[C@@H](c1cccc([N+](=O)[O-])c1)N(C)C(=O)Cc1csc(-c2ccsc2)n1. The van der Waals surface area contributed by atoms with Crippen molar-refractivity contribution in [2.24, 2.45) is 0 Å². The van der Waals surface area contributed by atoms with Gasteiger partial charge in [0.1, 0.15) is 5.01 Å². The van der Waals surface area contributed by atoms with Crippen molar-refractivity contribution in [3.63, 3.8) is 0 Å². The highest BCUT2D eigenvalue weighted by atomic mass is 32.1. The lowest BCUT2D eigenvalue weighted by Gasteiger charge is -2.25. The molecule has 1 amide bonds. The van der Waals surface area contributed by atoms with Gasteiger partial charge in [-0.3, -0.25) is 14.9 Å². The average molecular weight is 387 g/mol. The standard InChI is InChI=1S/C18H17N3O3S2/c1-12(13-4-3-5-16(8-13)21(23)24)20(2)17(22)9-15-11-26-18(19-15)14-6-7-25-10-14/h3-8,10-12H,9H2,1-2H3/t12-/m0/s1. The molecule has 0 radical (unpaired) electrons. The lowest BCUT2D eigenvalue weighted by molar-refractivity contribution is -0.384. The van der Waals surface area contributed by atoms with Crippen LogP contribution in [0.4, 0.5) is 5.69 Å². The van der Waals surface area contributed by atoms with Crippen LogP contribution in [0.15, 0.2) is 46.5 Å². The van der Waals surface area contributed by atoms with Crippen LogP contribution in [0.2, 0.25) is 0 Å². The maximum Gasteiger partial charge on any atom is 0.269 e. The van der Waals surface area contributed by atoms with Crippen molar-refractivity contribution >= 4 is 34.3 Å². The lowest BCUT2D eigenvalue weighted by atomic mass is 10.1. The Morgan fingerprint density at radius 2 is 2.15 bits per heavy atom. The number of amides is 1. The summed E-state index contributed by atoms with van der Waals surface area (Å²) >= 11 is 3.13. The largest absolute Gasteiger partial charge is 0.339 e. The number of likely N-dealkylation sites (N-methyl/N-ethyl adjacent to an activating group) is 1. The Kier molecular flexibility index (Phi) is 5.43. The second-order valence-corrected chi connectivity index (χ2v) is 7.50. The molecule has 2 aromatic heterocycles. The Morgan fingerprint density at radius 1 is 1.35 bits per heavy atom. The molecule has 1 aromatic carbocycles. The van der Waals surface area contributed by atoms with Crippen LogP contribution in [0.1, 0.15) is 24.2 Å². The van der Waals surface area contributed by atoms with Crippen molar-refractivity contribution in [2.45, 2.75) is 19.4 Å². The van der Waals surface area contributed by atoms with Crippen molar-refractivity contribution in [1.82, 2.24) is 9.88 Å². The number of benzene rings is 1. The monoisotopic (exact) mass is 387 g/mol. The van der Waals surface area contributed by atoms with Crippen molar-refractivity contribution in [3.05, 3.63) is 67.8 Å². The molecule has 2 heterocycles. The average Bonchev–Trinajstić information content (AvgIpc) is 3.32. The molecule has 0 bridgehead atoms. The van der Waals surface area contributed by atoms with Gasteiger partial charge in [-0.05, 0) is 23.9 Å². The third-order valence-electron chi connectivity index (χ3n) is 4.19. The van der Waals surface area contributed by atoms with Gasteiger partial charge in [0.15, 0.2) is 0 Å². The molecule has 0 saturated heterocycles. The molecular weight excluding hydrogens is 370 g/mol. The molecule has 0 N–H and O–H groups in total. The minimum Gasteiger partial charge on any atom is -0.339 e. The molecule has 3 aromatic rings. The van der Waals surface area contributed by atoms with E-state index in [0.29, 0.717) is 0 Å². The van der Waals surface area contributed by atoms with Crippen LogP contribution >= 0.6 is 22.7 Å². The number of thiazole rings is 1. The Bertz CT molecular complexity index is 921. The number of hydrogen-bond donors (Lipinski definition) is 0. The van der Waals surface area contributed by atoms with Gasteiger partial charge in [0.05, 0.1) is 23.1 Å². The molecule has 0 fully saturated rings. The van der Waals surface area contributed by atoms with E-state index in [4.69, 9.17) is 0 Å². The van der Waals surface area contributed by atoms with E-state index in [2.05, 4.69) is 4.98 Å².